The van der Waals surface area contributed by atoms with E-state index >= 15 is 0 Å². The van der Waals surface area contributed by atoms with Gasteiger partial charge in [0, 0.05) is 12.6 Å². The highest BCUT2D eigenvalue weighted by Gasteiger charge is 2.31. The number of hydrogen-bond acceptors (Lipinski definition) is 2. The number of rotatable bonds is 4. The molecule has 0 aliphatic rings. The van der Waals surface area contributed by atoms with Gasteiger partial charge in [0.15, 0.2) is 0 Å². The molecule has 4 nitrogen and oxygen atoms in total. The fourth-order valence-electron chi connectivity index (χ4n) is 1.75. The first kappa shape index (κ1) is 17.0. The first-order valence-corrected chi connectivity index (χ1v) is 6.36. The lowest BCUT2D eigenvalue weighted by Crippen LogP contribution is -2.46. The van der Waals surface area contributed by atoms with Gasteiger partial charge >= 0.3 is 6.18 Å². The number of benzene rings is 1. The van der Waals surface area contributed by atoms with Crippen molar-refractivity contribution >= 4 is 17.5 Å². The Morgan fingerprint density at radius 3 is 2.29 bits per heavy atom. The second-order valence-electron chi connectivity index (χ2n) is 4.99. The molecule has 0 spiro atoms. The molecule has 0 saturated heterocycles. The Morgan fingerprint density at radius 2 is 1.81 bits per heavy atom. The lowest BCUT2D eigenvalue weighted by Gasteiger charge is -2.21. The largest absolute Gasteiger partial charge is 0.416 e. The Bertz CT molecular complexity index is 527. The van der Waals surface area contributed by atoms with Gasteiger partial charge < -0.3 is 10.6 Å². The van der Waals surface area contributed by atoms with Gasteiger partial charge in [0.05, 0.1) is 5.56 Å². The SMILES string of the molecule is CC(=O)N[C@H](C(=O)Nc1cccc(C(F)(F)F)c1)C(C)C. The minimum absolute atomic E-state index is 0.0332. The molecular formula is C14H17F3N2O2. The summed E-state index contributed by atoms with van der Waals surface area (Å²) < 4.78 is 37.8. The molecule has 0 bridgehead atoms. The smallest absolute Gasteiger partial charge is 0.344 e. The molecule has 116 valence electrons. The van der Waals surface area contributed by atoms with E-state index in [9.17, 15) is 22.8 Å². The highest BCUT2D eigenvalue weighted by Crippen LogP contribution is 2.30. The molecule has 1 atom stereocenters. The quantitative estimate of drug-likeness (QED) is 0.898. The number of amides is 2. The number of carbonyl (C=O) groups excluding carboxylic acids is 2. The zero-order valence-corrected chi connectivity index (χ0v) is 11.9. The van der Waals surface area contributed by atoms with Crippen molar-refractivity contribution in [2.45, 2.75) is 33.0 Å². The van der Waals surface area contributed by atoms with Gasteiger partial charge in [-0.15, -0.1) is 0 Å². The van der Waals surface area contributed by atoms with Crippen LogP contribution in [0.5, 0.6) is 0 Å². The van der Waals surface area contributed by atoms with E-state index in [0.717, 1.165) is 12.1 Å². The van der Waals surface area contributed by atoms with Crippen molar-refractivity contribution < 1.29 is 22.8 Å². The highest BCUT2D eigenvalue weighted by atomic mass is 19.4. The van der Waals surface area contributed by atoms with Crippen LogP contribution >= 0.6 is 0 Å². The summed E-state index contributed by atoms with van der Waals surface area (Å²) in [5, 5.41) is 4.86. The van der Waals surface area contributed by atoms with Crippen molar-refractivity contribution in [3.05, 3.63) is 29.8 Å². The van der Waals surface area contributed by atoms with E-state index in [1.54, 1.807) is 13.8 Å². The van der Waals surface area contributed by atoms with Gasteiger partial charge in [-0.1, -0.05) is 19.9 Å². The summed E-state index contributed by atoms with van der Waals surface area (Å²) in [6, 6.07) is 3.53. The van der Waals surface area contributed by atoms with E-state index < -0.39 is 23.7 Å². The number of nitrogens with one attached hydrogen (secondary N) is 2. The van der Waals surface area contributed by atoms with Gasteiger partial charge in [0.25, 0.3) is 0 Å². The Labute approximate surface area is 120 Å². The molecule has 1 aromatic carbocycles. The third-order valence-corrected chi connectivity index (χ3v) is 2.77. The number of hydrogen-bond donors (Lipinski definition) is 2. The van der Waals surface area contributed by atoms with Gasteiger partial charge in [-0.05, 0) is 24.1 Å². The van der Waals surface area contributed by atoms with Gasteiger partial charge in [0.2, 0.25) is 11.8 Å². The summed E-state index contributed by atoms with van der Waals surface area (Å²) in [4.78, 5) is 23.1. The van der Waals surface area contributed by atoms with Crippen LogP contribution in [0.1, 0.15) is 26.3 Å². The number of carbonyl (C=O) groups is 2. The number of halogens is 3. The van der Waals surface area contributed by atoms with Crippen LogP contribution in [-0.4, -0.2) is 17.9 Å². The van der Waals surface area contributed by atoms with E-state index in [4.69, 9.17) is 0 Å². The summed E-state index contributed by atoms with van der Waals surface area (Å²) in [6.45, 7) is 4.73. The van der Waals surface area contributed by atoms with Gasteiger partial charge in [-0.3, -0.25) is 9.59 Å². The van der Waals surface area contributed by atoms with Crippen molar-refractivity contribution in [2.24, 2.45) is 5.92 Å². The molecule has 0 aromatic heterocycles. The molecule has 0 heterocycles. The zero-order valence-electron chi connectivity index (χ0n) is 11.9. The predicted molar refractivity (Wildman–Crippen MR) is 72.5 cm³/mol. The number of alkyl halides is 3. The second-order valence-corrected chi connectivity index (χ2v) is 4.99. The van der Waals surface area contributed by atoms with E-state index in [0.29, 0.717) is 0 Å². The maximum absolute atomic E-state index is 12.6. The summed E-state index contributed by atoms with van der Waals surface area (Å²) >= 11 is 0. The van der Waals surface area contributed by atoms with Crippen LogP contribution in [0, 0.1) is 5.92 Å². The van der Waals surface area contributed by atoms with Crippen LogP contribution in [-0.2, 0) is 15.8 Å². The molecule has 2 amide bonds. The van der Waals surface area contributed by atoms with Crippen LogP contribution in [0.4, 0.5) is 18.9 Å². The third kappa shape index (κ3) is 5.09. The molecule has 21 heavy (non-hydrogen) atoms. The summed E-state index contributed by atoms with van der Waals surface area (Å²) in [6.07, 6.45) is -4.48. The lowest BCUT2D eigenvalue weighted by atomic mass is 10.0. The molecule has 0 aliphatic carbocycles. The molecule has 0 aliphatic heterocycles. The maximum Gasteiger partial charge on any atom is 0.416 e. The van der Waals surface area contributed by atoms with Crippen LogP contribution < -0.4 is 10.6 Å². The topological polar surface area (TPSA) is 58.2 Å². The molecule has 7 heteroatoms. The van der Waals surface area contributed by atoms with E-state index in [-0.39, 0.29) is 17.5 Å². The highest BCUT2D eigenvalue weighted by molar-refractivity contribution is 5.97. The van der Waals surface area contributed by atoms with E-state index in [1.165, 1.54) is 19.1 Å². The molecule has 1 aromatic rings. The van der Waals surface area contributed by atoms with E-state index in [2.05, 4.69) is 10.6 Å². The summed E-state index contributed by atoms with van der Waals surface area (Å²) in [5.74, 6) is -1.13. The second kappa shape index (κ2) is 6.60. The molecule has 0 radical (unpaired) electrons. The normalized spacial score (nSPS) is 12.9. The monoisotopic (exact) mass is 302 g/mol. The average Bonchev–Trinajstić information content (AvgIpc) is 2.34. The minimum atomic E-state index is -4.48. The molecule has 0 fully saturated rings. The maximum atomic E-state index is 12.6. The van der Waals surface area contributed by atoms with Crippen LogP contribution in [0.2, 0.25) is 0 Å². The van der Waals surface area contributed by atoms with Crippen molar-refractivity contribution in [3.8, 4) is 0 Å². The molecule has 0 unspecified atom stereocenters. The van der Waals surface area contributed by atoms with Gasteiger partial charge in [0.1, 0.15) is 6.04 Å². The number of anilines is 1. The van der Waals surface area contributed by atoms with Crippen LogP contribution in [0.15, 0.2) is 24.3 Å². The Hall–Kier alpha value is -2.05. The standard InChI is InChI=1S/C14H17F3N2O2/c1-8(2)12(18-9(3)20)13(21)19-11-6-4-5-10(7-11)14(15,16)17/h4-8,12H,1-3H3,(H,18,20)(H,19,21)/t12-/m0/s1. The van der Waals surface area contributed by atoms with E-state index in [1.807, 2.05) is 0 Å². The fourth-order valence-corrected chi connectivity index (χ4v) is 1.75. The van der Waals surface area contributed by atoms with Crippen molar-refractivity contribution in [1.29, 1.82) is 0 Å². The van der Waals surface area contributed by atoms with Crippen LogP contribution in [0.3, 0.4) is 0 Å². The predicted octanol–water partition coefficient (Wildman–Crippen LogP) is 2.80. The Balaban J connectivity index is 2.89. The first-order valence-electron chi connectivity index (χ1n) is 6.36. The fraction of sp³-hybridized carbons (Fsp3) is 0.429. The van der Waals surface area contributed by atoms with Crippen molar-refractivity contribution in [3.63, 3.8) is 0 Å². The third-order valence-electron chi connectivity index (χ3n) is 2.77. The summed E-state index contributed by atoms with van der Waals surface area (Å²) in [7, 11) is 0. The Kier molecular flexibility index (Phi) is 5.34. The van der Waals surface area contributed by atoms with Crippen LogP contribution in [0.25, 0.3) is 0 Å². The molecule has 0 saturated carbocycles. The van der Waals surface area contributed by atoms with Gasteiger partial charge in [-0.25, -0.2) is 0 Å². The average molecular weight is 302 g/mol. The van der Waals surface area contributed by atoms with Gasteiger partial charge in [-0.2, -0.15) is 13.2 Å². The summed E-state index contributed by atoms with van der Waals surface area (Å²) in [5.41, 5.74) is -0.813. The van der Waals surface area contributed by atoms with Crippen molar-refractivity contribution in [1.82, 2.24) is 5.32 Å². The molecule has 1 rings (SSSR count). The lowest BCUT2D eigenvalue weighted by molar-refractivity contribution is -0.137. The Morgan fingerprint density at radius 1 is 1.19 bits per heavy atom. The molecule has 2 N–H and O–H groups in total. The first-order chi connectivity index (χ1) is 9.61. The zero-order chi connectivity index (χ0) is 16.2. The molecular weight excluding hydrogens is 285 g/mol. The van der Waals surface area contributed by atoms with Crippen molar-refractivity contribution in [2.75, 3.05) is 5.32 Å². The minimum Gasteiger partial charge on any atom is -0.344 e.